The van der Waals surface area contributed by atoms with Crippen LogP contribution < -0.4 is 0 Å². The molecule has 2 nitrogen and oxygen atoms in total. The maximum atomic E-state index is 10.5. The van der Waals surface area contributed by atoms with Crippen LogP contribution in [0.5, 0.6) is 0 Å². The number of benzene rings is 2. The van der Waals surface area contributed by atoms with Crippen molar-refractivity contribution >= 4 is 27.5 Å². The van der Waals surface area contributed by atoms with E-state index in [2.05, 4.69) is 28.1 Å². The first-order chi connectivity index (χ1) is 10.1. The van der Waals surface area contributed by atoms with E-state index in [1.807, 2.05) is 18.2 Å². The van der Waals surface area contributed by atoms with Crippen molar-refractivity contribution in [1.29, 1.82) is 0 Å². The zero-order valence-corrected chi connectivity index (χ0v) is 13.8. The normalized spacial score (nSPS) is 19.1. The van der Waals surface area contributed by atoms with Crippen molar-refractivity contribution in [2.45, 2.75) is 25.0 Å². The molecule has 0 radical (unpaired) electrons. The Bertz CT molecular complexity index is 644. The van der Waals surface area contributed by atoms with Gasteiger partial charge in [-0.25, -0.2) is 0 Å². The molecule has 0 bridgehead atoms. The molecule has 0 spiro atoms. The summed E-state index contributed by atoms with van der Waals surface area (Å²) in [6.07, 6.45) is 0.768. The lowest BCUT2D eigenvalue weighted by Gasteiger charge is -2.28. The van der Waals surface area contributed by atoms with Gasteiger partial charge in [-0.15, -0.1) is 0 Å². The summed E-state index contributed by atoms with van der Waals surface area (Å²) in [5.41, 5.74) is 3.29. The molecule has 0 amide bonds. The summed E-state index contributed by atoms with van der Waals surface area (Å²) >= 11 is 9.49. The van der Waals surface area contributed by atoms with Crippen molar-refractivity contribution < 1.29 is 9.84 Å². The number of fused-ring (bicyclic) bond motifs is 1. The largest absolute Gasteiger partial charge is 0.388 e. The molecule has 1 N–H and O–H groups in total. The summed E-state index contributed by atoms with van der Waals surface area (Å²) in [5, 5.41) is 11.2. The van der Waals surface area contributed by atoms with E-state index in [0.29, 0.717) is 18.1 Å². The average Bonchev–Trinajstić information content (AvgIpc) is 2.50. The Labute approximate surface area is 137 Å². The summed E-state index contributed by atoms with van der Waals surface area (Å²) in [6, 6.07) is 13.7. The van der Waals surface area contributed by atoms with E-state index in [4.69, 9.17) is 16.3 Å². The molecule has 0 saturated heterocycles. The molecule has 110 valence electrons. The summed E-state index contributed by atoms with van der Waals surface area (Å²) in [7, 11) is 0. The zero-order valence-electron chi connectivity index (χ0n) is 11.4. The van der Waals surface area contributed by atoms with E-state index < -0.39 is 6.10 Å². The Hall–Kier alpha value is -0.870. The summed E-state index contributed by atoms with van der Waals surface area (Å²) in [6.45, 7) is 0.700. The second kappa shape index (κ2) is 6.49. The van der Waals surface area contributed by atoms with Gasteiger partial charge in [0.15, 0.2) is 0 Å². The van der Waals surface area contributed by atoms with Crippen molar-refractivity contribution in [3.63, 3.8) is 0 Å². The Kier molecular flexibility index (Phi) is 4.65. The van der Waals surface area contributed by atoms with E-state index in [1.165, 1.54) is 11.1 Å². The molecular weight excluding hydrogens is 352 g/mol. The molecule has 2 aromatic carbocycles. The number of ether oxygens (including phenoxy) is 1. The van der Waals surface area contributed by atoms with Crippen LogP contribution in [-0.2, 0) is 11.2 Å². The smallest absolute Gasteiger partial charge is 0.0855 e. The summed E-state index contributed by atoms with van der Waals surface area (Å²) < 4.78 is 6.72. The molecule has 2 unspecified atom stereocenters. The van der Waals surface area contributed by atoms with Gasteiger partial charge in [0.2, 0.25) is 0 Å². The van der Waals surface area contributed by atoms with Crippen molar-refractivity contribution in [3.05, 3.63) is 68.7 Å². The molecule has 2 aromatic rings. The minimum Gasteiger partial charge on any atom is -0.388 e. The van der Waals surface area contributed by atoms with Gasteiger partial charge in [-0.1, -0.05) is 51.8 Å². The SMILES string of the molecule is OC(CC1OCCc2ccccc21)c1cc(Cl)ccc1Br. The molecule has 3 rings (SSSR count). The Morgan fingerprint density at radius 3 is 2.95 bits per heavy atom. The maximum Gasteiger partial charge on any atom is 0.0855 e. The monoisotopic (exact) mass is 366 g/mol. The molecule has 1 aliphatic heterocycles. The fraction of sp³-hybridized carbons (Fsp3) is 0.294. The van der Waals surface area contributed by atoms with Gasteiger partial charge in [-0.05, 0) is 41.3 Å². The Morgan fingerprint density at radius 1 is 1.29 bits per heavy atom. The number of aliphatic hydroxyl groups excluding tert-OH is 1. The van der Waals surface area contributed by atoms with Crippen LogP contribution in [-0.4, -0.2) is 11.7 Å². The minimum atomic E-state index is -0.616. The lowest BCUT2D eigenvalue weighted by molar-refractivity contribution is 0.00362. The highest BCUT2D eigenvalue weighted by molar-refractivity contribution is 9.10. The number of rotatable bonds is 3. The van der Waals surface area contributed by atoms with E-state index in [1.54, 1.807) is 12.1 Å². The van der Waals surface area contributed by atoms with Crippen LogP contribution in [0, 0.1) is 0 Å². The lowest BCUT2D eigenvalue weighted by atomic mass is 9.92. The fourth-order valence-corrected chi connectivity index (χ4v) is 3.46. The highest BCUT2D eigenvalue weighted by Crippen LogP contribution is 2.36. The van der Waals surface area contributed by atoms with Crippen LogP contribution >= 0.6 is 27.5 Å². The summed E-state index contributed by atoms with van der Waals surface area (Å²) in [5.74, 6) is 0. The molecule has 0 saturated carbocycles. The van der Waals surface area contributed by atoms with E-state index in [9.17, 15) is 5.11 Å². The minimum absolute atomic E-state index is 0.0733. The van der Waals surface area contributed by atoms with Gasteiger partial charge in [0.05, 0.1) is 18.8 Å². The maximum absolute atomic E-state index is 10.5. The van der Waals surface area contributed by atoms with Crippen molar-refractivity contribution in [2.75, 3.05) is 6.61 Å². The first kappa shape index (κ1) is 15.0. The highest BCUT2D eigenvalue weighted by Gasteiger charge is 2.24. The topological polar surface area (TPSA) is 29.5 Å². The summed E-state index contributed by atoms with van der Waals surface area (Å²) in [4.78, 5) is 0. The van der Waals surface area contributed by atoms with Gasteiger partial charge in [-0.2, -0.15) is 0 Å². The number of hydrogen-bond donors (Lipinski definition) is 1. The number of aliphatic hydroxyl groups is 1. The van der Waals surface area contributed by atoms with E-state index in [-0.39, 0.29) is 6.10 Å². The van der Waals surface area contributed by atoms with E-state index >= 15 is 0 Å². The van der Waals surface area contributed by atoms with Crippen LogP contribution in [0.2, 0.25) is 5.02 Å². The van der Waals surface area contributed by atoms with Gasteiger partial charge in [0.1, 0.15) is 0 Å². The van der Waals surface area contributed by atoms with Crippen LogP contribution in [0.25, 0.3) is 0 Å². The molecule has 2 atom stereocenters. The third-order valence-corrected chi connectivity index (χ3v) is 4.80. The first-order valence-electron chi connectivity index (χ1n) is 6.97. The van der Waals surface area contributed by atoms with Gasteiger partial charge in [0.25, 0.3) is 0 Å². The van der Waals surface area contributed by atoms with Crippen LogP contribution in [0.1, 0.15) is 35.3 Å². The second-order valence-electron chi connectivity index (χ2n) is 5.23. The van der Waals surface area contributed by atoms with Gasteiger partial charge >= 0.3 is 0 Å². The molecule has 21 heavy (non-hydrogen) atoms. The molecular formula is C17H16BrClO2. The van der Waals surface area contributed by atoms with Gasteiger partial charge in [-0.3, -0.25) is 0 Å². The van der Waals surface area contributed by atoms with Crippen molar-refractivity contribution in [1.82, 2.24) is 0 Å². The van der Waals surface area contributed by atoms with Crippen molar-refractivity contribution in [2.24, 2.45) is 0 Å². The molecule has 4 heteroatoms. The zero-order chi connectivity index (χ0) is 14.8. The third-order valence-electron chi connectivity index (χ3n) is 3.85. The van der Waals surface area contributed by atoms with Gasteiger partial charge < -0.3 is 9.84 Å². The van der Waals surface area contributed by atoms with Gasteiger partial charge in [0, 0.05) is 15.9 Å². The molecule has 1 heterocycles. The molecule has 1 aliphatic rings. The number of hydrogen-bond acceptors (Lipinski definition) is 2. The average molecular weight is 368 g/mol. The molecule has 0 aromatic heterocycles. The Balaban J connectivity index is 1.82. The Morgan fingerprint density at radius 2 is 2.10 bits per heavy atom. The third kappa shape index (κ3) is 3.32. The predicted octanol–water partition coefficient (Wildman–Crippen LogP) is 4.84. The first-order valence-corrected chi connectivity index (χ1v) is 8.14. The standard InChI is InChI=1S/C17H16BrClO2/c18-15-6-5-12(19)9-14(15)16(20)10-17-13-4-2-1-3-11(13)7-8-21-17/h1-6,9,16-17,20H,7-8,10H2. The predicted molar refractivity (Wildman–Crippen MR) is 87.6 cm³/mol. The van der Waals surface area contributed by atoms with Crippen LogP contribution in [0.4, 0.5) is 0 Å². The van der Waals surface area contributed by atoms with Crippen LogP contribution in [0.3, 0.4) is 0 Å². The molecule has 0 fully saturated rings. The van der Waals surface area contributed by atoms with Crippen molar-refractivity contribution in [3.8, 4) is 0 Å². The highest BCUT2D eigenvalue weighted by atomic mass is 79.9. The number of halogens is 2. The lowest BCUT2D eigenvalue weighted by Crippen LogP contribution is -2.18. The van der Waals surface area contributed by atoms with E-state index in [0.717, 1.165) is 16.5 Å². The quantitative estimate of drug-likeness (QED) is 0.841. The van der Waals surface area contributed by atoms with Crippen LogP contribution in [0.15, 0.2) is 46.9 Å². The fourth-order valence-electron chi connectivity index (χ4n) is 2.77. The molecule has 0 aliphatic carbocycles. The second-order valence-corrected chi connectivity index (χ2v) is 6.52.